The molecule has 1 heterocycles. The van der Waals surface area contributed by atoms with E-state index in [4.69, 9.17) is 5.73 Å². The van der Waals surface area contributed by atoms with Gasteiger partial charge in [0.25, 0.3) is 5.91 Å². The molecule has 90 valence electrons. The SMILES string of the molecule is CCCN(C(=O)c1cnn(C)c1N)C(C)C. The highest BCUT2D eigenvalue weighted by molar-refractivity contribution is 5.98. The normalized spacial score (nSPS) is 10.8. The lowest BCUT2D eigenvalue weighted by molar-refractivity contribution is 0.0707. The highest BCUT2D eigenvalue weighted by Gasteiger charge is 2.21. The second-order valence-electron chi connectivity index (χ2n) is 4.16. The lowest BCUT2D eigenvalue weighted by atomic mass is 10.2. The molecule has 0 atom stereocenters. The van der Waals surface area contributed by atoms with Crippen LogP contribution in [-0.4, -0.2) is 33.2 Å². The number of nitrogen functional groups attached to an aromatic ring is 1. The van der Waals surface area contributed by atoms with E-state index >= 15 is 0 Å². The zero-order valence-electron chi connectivity index (χ0n) is 10.4. The van der Waals surface area contributed by atoms with Crippen molar-refractivity contribution in [2.24, 2.45) is 7.05 Å². The smallest absolute Gasteiger partial charge is 0.259 e. The largest absolute Gasteiger partial charge is 0.383 e. The Morgan fingerprint density at radius 1 is 1.62 bits per heavy atom. The van der Waals surface area contributed by atoms with Crippen LogP contribution in [0.4, 0.5) is 5.82 Å². The highest BCUT2D eigenvalue weighted by atomic mass is 16.2. The number of hydrogen-bond donors (Lipinski definition) is 1. The summed E-state index contributed by atoms with van der Waals surface area (Å²) in [6, 6.07) is 0.173. The maximum atomic E-state index is 12.2. The van der Waals surface area contributed by atoms with E-state index in [1.807, 2.05) is 18.7 Å². The topological polar surface area (TPSA) is 64.2 Å². The fourth-order valence-corrected chi connectivity index (χ4v) is 1.60. The molecule has 5 heteroatoms. The van der Waals surface area contributed by atoms with Gasteiger partial charge in [0.05, 0.1) is 6.20 Å². The standard InChI is InChI=1S/C11H20N4O/c1-5-6-15(8(2)3)11(16)9-7-13-14(4)10(9)12/h7-8H,5-6,12H2,1-4H3. The minimum Gasteiger partial charge on any atom is -0.383 e. The van der Waals surface area contributed by atoms with Crippen molar-refractivity contribution in [2.75, 3.05) is 12.3 Å². The van der Waals surface area contributed by atoms with Crippen molar-refractivity contribution in [3.63, 3.8) is 0 Å². The Bertz CT molecular complexity index is 370. The number of carbonyl (C=O) groups excluding carboxylic acids is 1. The number of anilines is 1. The number of nitrogens with zero attached hydrogens (tertiary/aromatic N) is 3. The maximum Gasteiger partial charge on any atom is 0.259 e. The van der Waals surface area contributed by atoms with Crippen LogP contribution in [0.1, 0.15) is 37.6 Å². The van der Waals surface area contributed by atoms with Crippen LogP contribution in [0.2, 0.25) is 0 Å². The number of nitrogens with two attached hydrogens (primary N) is 1. The molecule has 0 unspecified atom stereocenters. The Balaban J connectivity index is 2.95. The number of aromatic nitrogens is 2. The molecule has 0 radical (unpaired) electrons. The van der Waals surface area contributed by atoms with Gasteiger partial charge in [-0.1, -0.05) is 6.92 Å². The first-order chi connectivity index (χ1) is 7.49. The number of rotatable bonds is 4. The summed E-state index contributed by atoms with van der Waals surface area (Å²) < 4.78 is 1.51. The third-order valence-corrected chi connectivity index (χ3v) is 2.56. The van der Waals surface area contributed by atoms with Crippen molar-refractivity contribution in [2.45, 2.75) is 33.2 Å². The average Bonchev–Trinajstić information content (AvgIpc) is 2.55. The lowest BCUT2D eigenvalue weighted by Crippen LogP contribution is -2.37. The molecule has 16 heavy (non-hydrogen) atoms. The van der Waals surface area contributed by atoms with Crippen LogP contribution in [0.15, 0.2) is 6.20 Å². The van der Waals surface area contributed by atoms with Crippen molar-refractivity contribution in [1.29, 1.82) is 0 Å². The summed E-state index contributed by atoms with van der Waals surface area (Å²) in [4.78, 5) is 14.0. The molecule has 2 N–H and O–H groups in total. The van der Waals surface area contributed by atoms with Crippen LogP contribution in [0.5, 0.6) is 0 Å². The predicted octanol–water partition coefficient (Wildman–Crippen LogP) is 1.26. The van der Waals surface area contributed by atoms with Gasteiger partial charge >= 0.3 is 0 Å². The molecule has 0 bridgehead atoms. The van der Waals surface area contributed by atoms with Crippen molar-refractivity contribution < 1.29 is 4.79 Å². The molecule has 0 fully saturated rings. The molecule has 0 aliphatic carbocycles. The molecule has 1 aromatic rings. The predicted molar refractivity (Wildman–Crippen MR) is 64.1 cm³/mol. The zero-order chi connectivity index (χ0) is 12.3. The van der Waals surface area contributed by atoms with Crippen molar-refractivity contribution in [1.82, 2.24) is 14.7 Å². The molecule has 0 saturated carbocycles. The molecule has 0 aliphatic heterocycles. The zero-order valence-corrected chi connectivity index (χ0v) is 10.4. The van der Waals surface area contributed by atoms with Crippen LogP contribution in [0.3, 0.4) is 0 Å². The summed E-state index contributed by atoms with van der Waals surface area (Å²) >= 11 is 0. The van der Waals surface area contributed by atoms with Crippen molar-refractivity contribution in [3.05, 3.63) is 11.8 Å². The summed E-state index contributed by atoms with van der Waals surface area (Å²) in [7, 11) is 1.73. The summed E-state index contributed by atoms with van der Waals surface area (Å²) in [6.07, 6.45) is 2.47. The fourth-order valence-electron chi connectivity index (χ4n) is 1.60. The molecule has 1 rings (SSSR count). The van der Waals surface area contributed by atoms with E-state index in [1.54, 1.807) is 7.05 Å². The fraction of sp³-hybridized carbons (Fsp3) is 0.636. The van der Waals surface area contributed by atoms with Gasteiger partial charge in [-0.05, 0) is 20.3 Å². The molecule has 5 nitrogen and oxygen atoms in total. The monoisotopic (exact) mass is 224 g/mol. The Labute approximate surface area is 96.2 Å². The molecular weight excluding hydrogens is 204 g/mol. The lowest BCUT2D eigenvalue weighted by Gasteiger charge is -2.26. The first kappa shape index (κ1) is 12.5. The molecule has 0 aromatic carbocycles. The number of amides is 1. The quantitative estimate of drug-likeness (QED) is 0.837. The van der Waals surface area contributed by atoms with Crippen LogP contribution >= 0.6 is 0 Å². The third-order valence-electron chi connectivity index (χ3n) is 2.56. The van der Waals surface area contributed by atoms with Crippen LogP contribution in [0, 0.1) is 0 Å². The molecule has 0 saturated heterocycles. The number of carbonyl (C=O) groups is 1. The van der Waals surface area contributed by atoms with Crippen molar-refractivity contribution >= 4 is 11.7 Å². The van der Waals surface area contributed by atoms with E-state index < -0.39 is 0 Å². The van der Waals surface area contributed by atoms with Gasteiger partial charge in [-0.3, -0.25) is 9.48 Å². The highest BCUT2D eigenvalue weighted by Crippen LogP contribution is 2.14. The average molecular weight is 224 g/mol. The van der Waals surface area contributed by atoms with E-state index in [0.29, 0.717) is 11.4 Å². The van der Waals surface area contributed by atoms with Gasteiger partial charge in [-0.15, -0.1) is 0 Å². The maximum absolute atomic E-state index is 12.2. The summed E-state index contributed by atoms with van der Waals surface area (Å²) in [5, 5.41) is 3.98. The summed E-state index contributed by atoms with van der Waals surface area (Å²) in [5.41, 5.74) is 6.28. The van der Waals surface area contributed by atoms with E-state index in [0.717, 1.165) is 13.0 Å². The first-order valence-electron chi connectivity index (χ1n) is 5.57. The van der Waals surface area contributed by atoms with E-state index in [-0.39, 0.29) is 11.9 Å². The minimum atomic E-state index is -0.0394. The molecule has 1 amide bonds. The van der Waals surface area contributed by atoms with Gasteiger partial charge < -0.3 is 10.6 Å². The van der Waals surface area contributed by atoms with Crippen LogP contribution < -0.4 is 5.73 Å². The Morgan fingerprint density at radius 3 is 2.62 bits per heavy atom. The Kier molecular flexibility index (Phi) is 3.93. The molecular formula is C11H20N4O. The third kappa shape index (κ3) is 2.35. The second-order valence-corrected chi connectivity index (χ2v) is 4.16. The Morgan fingerprint density at radius 2 is 2.25 bits per heavy atom. The summed E-state index contributed by atoms with van der Waals surface area (Å²) in [5.74, 6) is 0.384. The van der Waals surface area contributed by atoms with Gasteiger partial charge in [0.2, 0.25) is 0 Å². The van der Waals surface area contributed by atoms with Crippen LogP contribution in [0.25, 0.3) is 0 Å². The van der Waals surface area contributed by atoms with Crippen molar-refractivity contribution in [3.8, 4) is 0 Å². The minimum absolute atomic E-state index is 0.0394. The molecule has 0 aliphatic rings. The van der Waals surface area contributed by atoms with Gasteiger partial charge in [0.15, 0.2) is 0 Å². The number of hydrogen-bond acceptors (Lipinski definition) is 3. The number of aryl methyl sites for hydroxylation is 1. The van der Waals surface area contributed by atoms with Gasteiger partial charge in [-0.25, -0.2) is 0 Å². The summed E-state index contributed by atoms with van der Waals surface area (Å²) in [6.45, 7) is 6.79. The molecule has 0 spiro atoms. The van der Waals surface area contributed by atoms with Gasteiger partial charge in [0.1, 0.15) is 11.4 Å². The van der Waals surface area contributed by atoms with Gasteiger partial charge in [0, 0.05) is 19.6 Å². The van der Waals surface area contributed by atoms with E-state index in [2.05, 4.69) is 12.0 Å². The van der Waals surface area contributed by atoms with Crippen LogP contribution in [-0.2, 0) is 7.05 Å². The van der Waals surface area contributed by atoms with Gasteiger partial charge in [-0.2, -0.15) is 5.10 Å². The van der Waals surface area contributed by atoms with E-state index in [9.17, 15) is 4.79 Å². The second kappa shape index (κ2) is 5.01. The Hall–Kier alpha value is -1.52. The van der Waals surface area contributed by atoms with E-state index in [1.165, 1.54) is 10.9 Å². The first-order valence-corrected chi connectivity index (χ1v) is 5.57. The molecule has 1 aromatic heterocycles.